The zero-order chi connectivity index (χ0) is 6.57. The summed E-state index contributed by atoms with van der Waals surface area (Å²) in [6.07, 6.45) is 0. The summed E-state index contributed by atoms with van der Waals surface area (Å²) in [5.41, 5.74) is 6.53. The van der Waals surface area contributed by atoms with E-state index in [1.807, 2.05) is 20.8 Å². The molecule has 0 bridgehead atoms. The Morgan fingerprint density at radius 1 is 1.75 bits per heavy atom. The molecule has 0 aromatic rings. The molecule has 0 rings (SSSR count). The Balaban J connectivity index is 3.61. The van der Waals surface area contributed by atoms with Crippen LogP contribution in [-0.4, -0.2) is 18.3 Å². The van der Waals surface area contributed by atoms with Crippen LogP contribution in [0.25, 0.3) is 0 Å². The van der Waals surface area contributed by atoms with Gasteiger partial charge in [-0.2, -0.15) is 0 Å². The standard InChI is InChI=1S/C6H14N2/c1-4-8-6(3)5(2)7/h5H,4,7H2,1-3H3/b8-6-. The molecule has 0 fully saturated rings. The molecule has 2 N–H and O–H groups in total. The summed E-state index contributed by atoms with van der Waals surface area (Å²) >= 11 is 0. The highest BCUT2D eigenvalue weighted by Crippen LogP contribution is 1.81. The van der Waals surface area contributed by atoms with Gasteiger partial charge < -0.3 is 5.73 Å². The Kier molecular flexibility index (Phi) is 3.44. The van der Waals surface area contributed by atoms with E-state index in [1.165, 1.54) is 0 Å². The van der Waals surface area contributed by atoms with Gasteiger partial charge in [0.15, 0.2) is 0 Å². The third-order valence-electron chi connectivity index (χ3n) is 1.07. The van der Waals surface area contributed by atoms with E-state index in [4.69, 9.17) is 5.73 Å². The molecule has 0 radical (unpaired) electrons. The van der Waals surface area contributed by atoms with Crippen LogP contribution in [0.2, 0.25) is 0 Å². The molecule has 0 amide bonds. The minimum absolute atomic E-state index is 0.120. The van der Waals surface area contributed by atoms with E-state index in [9.17, 15) is 0 Å². The van der Waals surface area contributed by atoms with Crippen LogP contribution in [0.5, 0.6) is 0 Å². The van der Waals surface area contributed by atoms with Crippen molar-refractivity contribution in [1.29, 1.82) is 0 Å². The highest BCUT2D eigenvalue weighted by Gasteiger charge is 1.93. The number of nitrogens with zero attached hydrogens (tertiary/aromatic N) is 1. The molecule has 0 aliphatic heterocycles. The van der Waals surface area contributed by atoms with Crippen molar-refractivity contribution in [3.05, 3.63) is 0 Å². The lowest BCUT2D eigenvalue weighted by atomic mass is 10.2. The first-order valence-corrected chi connectivity index (χ1v) is 2.95. The fourth-order valence-corrected chi connectivity index (χ4v) is 0.393. The molecule has 1 atom stereocenters. The minimum atomic E-state index is 0.120. The lowest BCUT2D eigenvalue weighted by Crippen LogP contribution is -2.24. The molecule has 2 nitrogen and oxygen atoms in total. The van der Waals surface area contributed by atoms with Crippen molar-refractivity contribution in [3.63, 3.8) is 0 Å². The van der Waals surface area contributed by atoms with Gasteiger partial charge in [-0.05, 0) is 20.8 Å². The third-order valence-corrected chi connectivity index (χ3v) is 1.07. The average Bonchev–Trinajstić information content (AvgIpc) is 1.67. The van der Waals surface area contributed by atoms with Crippen molar-refractivity contribution < 1.29 is 0 Å². The van der Waals surface area contributed by atoms with Crippen LogP contribution in [0.3, 0.4) is 0 Å². The van der Waals surface area contributed by atoms with Crippen molar-refractivity contribution in [2.75, 3.05) is 6.54 Å². The second-order valence-electron chi connectivity index (χ2n) is 1.90. The summed E-state index contributed by atoms with van der Waals surface area (Å²) in [6.45, 7) is 6.74. The quantitative estimate of drug-likeness (QED) is 0.530. The highest BCUT2D eigenvalue weighted by molar-refractivity contribution is 5.86. The maximum absolute atomic E-state index is 5.49. The van der Waals surface area contributed by atoms with Gasteiger partial charge in [-0.1, -0.05) is 0 Å². The van der Waals surface area contributed by atoms with Crippen LogP contribution in [0.4, 0.5) is 0 Å². The zero-order valence-corrected chi connectivity index (χ0v) is 5.81. The molecular formula is C6H14N2. The van der Waals surface area contributed by atoms with Gasteiger partial charge in [-0.15, -0.1) is 0 Å². The second-order valence-corrected chi connectivity index (χ2v) is 1.90. The lowest BCUT2D eigenvalue weighted by Gasteiger charge is -2.01. The molecule has 0 aliphatic carbocycles. The van der Waals surface area contributed by atoms with Gasteiger partial charge in [0, 0.05) is 18.3 Å². The van der Waals surface area contributed by atoms with Crippen molar-refractivity contribution in [2.24, 2.45) is 10.7 Å². The summed E-state index contributed by atoms with van der Waals surface area (Å²) in [5, 5.41) is 0. The summed E-state index contributed by atoms with van der Waals surface area (Å²) < 4.78 is 0. The van der Waals surface area contributed by atoms with E-state index >= 15 is 0 Å². The molecule has 48 valence electrons. The molecule has 0 aromatic carbocycles. The second kappa shape index (κ2) is 3.61. The molecule has 0 spiro atoms. The summed E-state index contributed by atoms with van der Waals surface area (Å²) in [7, 11) is 0. The lowest BCUT2D eigenvalue weighted by molar-refractivity contribution is 0.947. The van der Waals surface area contributed by atoms with E-state index in [0.717, 1.165) is 12.3 Å². The fourth-order valence-electron chi connectivity index (χ4n) is 0.393. The number of hydrogen-bond donors (Lipinski definition) is 1. The number of hydrogen-bond acceptors (Lipinski definition) is 2. The monoisotopic (exact) mass is 114 g/mol. The predicted octanol–water partition coefficient (Wildman–Crippen LogP) is 0.814. The third kappa shape index (κ3) is 2.75. The fraction of sp³-hybridized carbons (Fsp3) is 0.833. The number of aliphatic imine (C=N–C) groups is 1. The SMILES string of the molecule is CC/N=C(/C)C(C)N. The largest absolute Gasteiger partial charge is 0.323 e. The first-order chi connectivity index (χ1) is 3.68. The smallest absolute Gasteiger partial charge is 0.0394 e. The van der Waals surface area contributed by atoms with Gasteiger partial charge in [-0.3, -0.25) is 4.99 Å². The predicted molar refractivity (Wildman–Crippen MR) is 37.3 cm³/mol. The van der Waals surface area contributed by atoms with Gasteiger partial charge in [0.25, 0.3) is 0 Å². The van der Waals surface area contributed by atoms with Crippen molar-refractivity contribution >= 4 is 5.71 Å². The molecule has 0 aliphatic rings. The van der Waals surface area contributed by atoms with Gasteiger partial charge in [0.05, 0.1) is 0 Å². The molecule has 0 heterocycles. The average molecular weight is 114 g/mol. The molecule has 2 heteroatoms. The summed E-state index contributed by atoms with van der Waals surface area (Å²) in [6, 6.07) is 0.120. The summed E-state index contributed by atoms with van der Waals surface area (Å²) in [5.74, 6) is 0. The zero-order valence-electron chi connectivity index (χ0n) is 5.81. The Morgan fingerprint density at radius 3 is 2.38 bits per heavy atom. The maximum atomic E-state index is 5.49. The number of rotatable bonds is 2. The molecule has 8 heavy (non-hydrogen) atoms. The first kappa shape index (κ1) is 7.63. The van der Waals surface area contributed by atoms with Crippen LogP contribution >= 0.6 is 0 Å². The Morgan fingerprint density at radius 2 is 2.25 bits per heavy atom. The van der Waals surface area contributed by atoms with Crippen LogP contribution in [0, 0.1) is 0 Å². The normalized spacial score (nSPS) is 16.2. The highest BCUT2D eigenvalue weighted by atomic mass is 14.8. The molecule has 0 aromatic heterocycles. The Bertz CT molecular complexity index is 84.5. The van der Waals surface area contributed by atoms with Gasteiger partial charge in [-0.25, -0.2) is 0 Å². The van der Waals surface area contributed by atoms with Crippen molar-refractivity contribution in [1.82, 2.24) is 0 Å². The maximum Gasteiger partial charge on any atom is 0.0394 e. The van der Waals surface area contributed by atoms with Crippen LogP contribution in [-0.2, 0) is 0 Å². The molecule has 1 unspecified atom stereocenters. The van der Waals surface area contributed by atoms with Crippen LogP contribution in [0.15, 0.2) is 4.99 Å². The van der Waals surface area contributed by atoms with Gasteiger partial charge >= 0.3 is 0 Å². The van der Waals surface area contributed by atoms with E-state index in [2.05, 4.69) is 4.99 Å². The summed E-state index contributed by atoms with van der Waals surface area (Å²) in [4.78, 5) is 4.12. The van der Waals surface area contributed by atoms with E-state index in [1.54, 1.807) is 0 Å². The number of nitrogens with two attached hydrogens (primary N) is 1. The molecule has 0 saturated carbocycles. The van der Waals surface area contributed by atoms with E-state index in [-0.39, 0.29) is 6.04 Å². The van der Waals surface area contributed by atoms with Gasteiger partial charge in [0.1, 0.15) is 0 Å². The van der Waals surface area contributed by atoms with E-state index < -0.39 is 0 Å². The van der Waals surface area contributed by atoms with E-state index in [0.29, 0.717) is 0 Å². The van der Waals surface area contributed by atoms with Crippen LogP contribution < -0.4 is 5.73 Å². The Hall–Kier alpha value is -0.370. The topological polar surface area (TPSA) is 38.4 Å². The molecular weight excluding hydrogens is 100 g/mol. The van der Waals surface area contributed by atoms with Crippen LogP contribution in [0.1, 0.15) is 20.8 Å². The van der Waals surface area contributed by atoms with Crippen molar-refractivity contribution in [2.45, 2.75) is 26.8 Å². The van der Waals surface area contributed by atoms with Crippen molar-refractivity contribution in [3.8, 4) is 0 Å². The molecule has 0 saturated heterocycles. The minimum Gasteiger partial charge on any atom is -0.323 e. The van der Waals surface area contributed by atoms with Gasteiger partial charge in [0.2, 0.25) is 0 Å². The Labute approximate surface area is 50.8 Å². The first-order valence-electron chi connectivity index (χ1n) is 2.95.